The molecule has 21 heavy (non-hydrogen) atoms. The number of methoxy groups -OCH3 is 1. The summed E-state index contributed by atoms with van der Waals surface area (Å²) < 4.78 is 10.2. The SMILES string of the molecule is [CH2-]C(Cc1cccc2cc(C(=O)O)c(=O)oc12)OC.[Hg].[OH-]. The molecular formula is C14H14HgO6-2. The first-order chi connectivity index (χ1) is 9.02. The molecule has 0 saturated heterocycles. The van der Waals surface area contributed by atoms with Crippen molar-refractivity contribution in [2.24, 2.45) is 0 Å². The Morgan fingerprint density at radius 2 is 2.14 bits per heavy atom. The topological polar surface area (TPSA) is 107 Å². The number of carboxylic acid groups (broad SMARTS) is 1. The van der Waals surface area contributed by atoms with Gasteiger partial charge in [0.1, 0.15) is 11.1 Å². The molecule has 6 nitrogen and oxygen atoms in total. The molecule has 7 heteroatoms. The van der Waals surface area contributed by atoms with Crippen LogP contribution in [0.5, 0.6) is 0 Å². The van der Waals surface area contributed by atoms with Gasteiger partial charge < -0.3 is 26.7 Å². The van der Waals surface area contributed by atoms with Crippen molar-refractivity contribution in [3.63, 3.8) is 0 Å². The van der Waals surface area contributed by atoms with E-state index in [0.717, 1.165) is 5.56 Å². The van der Waals surface area contributed by atoms with Crippen LogP contribution in [-0.2, 0) is 38.8 Å². The van der Waals surface area contributed by atoms with E-state index in [2.05, 4.69) is 6.92 Å². The van der Waals surface area contributed by atoms with E-state index in [4.69, 9.17) is 14.3 Å². The van der Waals surface area contributed by atoms with Gasteiger partial charge >= 0.3 is 11.6 Å². The van der Waals surface area contributed by atoms with Gasteiger partial charge in [-0.25, -0.2) is 9.59 Å². The normalized spacial score (nSPS) is 11.3. The molecule has 0 bridgehead atoms. The smallest absolute Gasteiger partial charge is 0.351 e. The summed E-state index contributed by atoms with van der Waals surface area (Å²) in [5, 5.41) is 9.46. The molecule has 2 aromatic rings. The molecule has 1 aromatic carbocycles. The zero-order chi connectivity index (χ0) is 14.0. The standard InChI is InChI=1S/C14H13O5.Hg.H2O/c1-8(18-2)6-9-4-3-5-10-7-11(13(15)16)14(17)19-12(9)10;;/h3-5,7-8H,1,6H2,2H3,(H,15,16);;1H2/q-1;;/p-1. The predicted octanol–water partition coefficient (Wildman–Crippen LogP) is 1.70. The zero-order valence-electron chi connectivity index (χ0n) is 11.5. The fourth-order valence-electron chi connectivity index (χ4n) is 1.84. The van der Waals surface area contributed by atoms with Gasteiger partial charge in [0.05, 0.1) is 0 Å². The first kappa shape index (κ1) is 19.8. The van der Waals surface area contributed by atoms with E-state index in [1.165, 1.54) is 6.07 Å². The number of para-hydroxylation sites is 1. The van der Waals surface area contributed by atoms with E-state index in [1.54, 1.807) is 25.3 Å². The van der Waals surface area contributed by atoms with Crippen LogP contribution in [0.25, 0.3) is 11.0 Å². The fraction of sp³-hybridized carbons (Fsp3) is 0.214. The molecule has 0 aliphatic heterocycles. The van der Waals surface area contributed by atoms with Crippen LogP contribution >= 0.6 is 0 Å². The minimum atomic E-state index is -1.30. The fourth-order valence-corrected chi connectivity index (χ4v) is 1.84. The van der Waals surface area contributed by atoms with Gasteiger partial charge in [-0.3, -0.25) is 0 Å². The summed E-state index contributed by atoms with van der Waals surface area (Å²) in [6.45, 7) is 3.79. The van der Waals surface area contributed by atoms with Crippen molar-refractivity contribution in [3.05, 3.63) is 52.7 Å². The average molecular weight is 479 g/mol. The van der Waals surface area contributed by atoms with Crippen molar-refractivity contribution in [2.75, 3.05) is 7.11 Å². The Labute approximate surface area is 141 Å². The van der Waals surface area contributed by atoms with Crippen molar-refractivity contribution in [2.45, 2.75) is 12.5 Å². The maximum absolute atomic E-state index is 11.6. The second-order valence-electron chi connectivity index (χ2n) is 4.15. The van der Waals surface area contributed by atoms with Crippen molar-refractivity contribution in [1.82, 2.24) is 0 Å². The van der Waals surface area contributed by atoms with Crippen molar-refractivity contribution < 1.29 is 52.2 Å². The molecule has 0 amide bonds. The Balaban J connectivity index is 0.00000200. The molecule has 2 N–H and O–H groups in total. The van der Waals surface area contributed by atoms with Gasteiger partial charge in [0.15, 0.2) is 0 Å². The Bertz CT molecular complexity index is 679. The van der Waals surface area contributed by atoms with E-state index in [0.29, 0.717) is 17.4 Å². The molecule has 0 aliphatic rings. The second kappa shape index (κ2) is 8.26. The zero-order valence-corrected chi connectivity index (χ0v) is 17.0. The molecule has 0 fully saturated rings. The van der Waals surface area contributed by atoms with Crippen molar-refractivity contribution in [3.8, 4) is 0 Å². The molecule has 0 saturated carbocycles. The van der Waals surface area contributed by atoms with Gasteiger partial charge in [0, 0.05) is 40.2 Å². The van der Waals surface area contributed by atoms with Crippen LogP contribution in [0, 0.1) is 6.92 Å². The number of aromatic carboxylic acids is 1. The summed E-state index contributed by atoms with van der Waals surface area (Å²) in [5.41, 5.74) is -0.0929. The van der Waals surface area contributed by atoms with Crippen LogP contribution in [-0.4, -0.2) is 29.8 Å². The van der Waals surface area contributed by atoms with Gasteiger partial charge in [-0.15, -0.1) is 0 Å². The number of fused-ring (bicyclic) bond motifs is 1. The predicted molar refractivity (Wildman–Crippen MR) is 71.2 cm³/mol. The Morgan fingerprint density at radius 1 is 1.48 bits per heavy atom. The van der Waals surface area contributed by atoms with Crippen molar-refractivity contribution in [1.29, 1.82) is 0 Å². The summed E-state index contributed by atoms with van der Waals surface area (Å²) in [5.74, 6) is -1.30. The Kier molecular flexibility index (Phi) is 7.77. The molecular weight excluding hydrogens is 465 g/mol. The third-order valence-electron chi connectivity index (χ3n) is 2.85. The van der Waals surface area contributed by atoms with E-state index in [1.807, 2.05) is 0 Å². The molecule has 0 spiro atoms. The van der Waals surface area contributed by atoms with E-state index >= 15 is 0 Å². The molecule has 1 aromatic heterocycles. The minimum absolute atomic E-state index is 0. The summed E-state index contributed by atoms with van der Waals surface area (Å²) in [6.07, 6.45) is 0.207. The molecule has 0 radical (unpaired) electrons. The van der Waals surface area contributed by atoms with Crippen LogP contribution in [0.2, 0.25) is 0 Å². The number of rotatable bonds is 4. The Morgan fingerprint density at radius 3 is 2.71 bits per heavy atom. The maximum Gasteiger partial charge on any atom is 0.351 e. The number of benzene rings is 1. The minimum Gasteiger partial charge on any atom is -0.870 e. The van der Waals surface area contributed by atoms with Crippen LogP contribution in [0.3, 0.4) is 0 Å². The number of hydrogen-bond acceptors (Lipinski definition) is 5. The number of carboxylic acids is 1. The molecule has 0 aliphatic carbocycles. The number of carbonyl (C=O) groups is 1. The third-order valence-corrected chi connectivity index (χ3v) is 2.85. The van der Waals surface area contributed by atoms with E-state index < -0.39 is 11.6 Å². The first-order valence-corrected chi connectivity index (χ1v) is 5.68. The summed E-state index contributed by atoms with van der Waals surface area (Å²) in [6, 6.07) is 6.57. The quantitative estimate of drug-likeness (QED) is 0.407. The van der Waals surface area contributed by atoms with E-state index in [-0.39, 0.29) is 44.8 Å². The molecule has 1 unspecified atom stereocenters. The van der Waals surface area contributed by atoms with Crippen LogP contribution in [0.1, 0.15) is 15.9 Å². The summed E-state index contributed by atoms with van der Waals surface area (Å²) >= 11 is 0. The van der Waals surface area contributed by atoms with E-state index in [9.17, 15) is 9.59 Å². The van der Waals surface area contributed by atoms with Gasteiger partial charge in [-0.1, -0.05) is 24.3 Å². The largest absolute Gasteiger partial charge is 0.870 e. The molecule has 1 heterocycles. The summed E-state index contributed by atoms with van der Waals surface area (Å²) in [7, 11) is 1.54. The van der Waals surface area contributed by atoms with Gasteiger partial charge in [0.2, 0.25) is 0 Å². The Hall–Kier alpha value is -1.24. The van der Waals surface area contributed by atoms with Crippen molar-refractivity contribution >= 4 is 16.9 Å². The number of hydrogen-bond donors (Lipinski definition) is 1. The average Bonchev–Trinajstić information content (AvgIpc) is 2.38. The molecule has 1 atom stereocenters. The monoisotopic (exact) mass is 480 g/mol. The van der Waals surface area contributed by atoms with Gasteiger partial charge in [0.25, 0.3) is 0 Å². The first-order valence-electron chi connectivity index (χ1n) is 5.68. The summed E-state index contributed by atoms with van der Waals surface area (Å²) in [4.78, 5) is 22.5. The molecule has 110 valence electrons. The van der Waals surface area contributed by atoms with Crippen LogP contribution in [0.4, 0.5) is 0 Å². The van der Waals surface area contributed by atoms with Crippen LogP contribution < -0.4 is 5.63 Å². The van der Waals surface area contributed by atoms with Crippen LogP contribution in [0.15, 0.2) is 33.5 Å². The maximum atomic E-state index is 11.6. The van der Waals surface area contributed by atoms with Gasteiger partial charge in [-0.2, -0.15) is 0 Å². The van der Waals surface area contributed by atoms with Gasteiger partial charge in [-0.05, 0) is 18.1 Å². The molecule has 2 rings (SSSR count). The third kappa shape index (κ3) is 4.36. The second-order valence-corrected chi connectivity index (χ2v) is 4.15. The number of ether oxygens (including phenoxy) is 1.